The number of carbonyl (C=O) groups excluding carboxylic acids is 1. The van der Waals surface area contributed by atoms with E-state index in [4.69, 9.17) is 5.73 Å². The van der Waals surface area contributed by atoms with E-state index < -0.39 is 5.97 Å². The molecule has 2 aromatic heterocycles. The van der Waals surface area contributed by atoms with Crippen LogP contribution in [0.3, 0.4) is 0 Å². The average Bonchev–Trinajstić information content (AvgIpc) is 2.95. The first kappa shape index (κ1) is 11.6. The molecule has 0 fully saturated rings. The van der Waals surface area contributed by atoms with Crippen LogP contribution in [0.25, 0.3) is 5.13 Å². The van der Waals surface area contributed by atoms with E-state index >= 15 is 0 Å². The monoisotopic (exact) mass is 252 g/mol. The zero-order valence-electron chi connectivity index (χ0n) is 9.51. The lowest BCUT2D eigenvalue weighted by Gasteiger charge is -2.03. The molecule has 0 saturated heterocycles. The van der Waals surface area contributed by atoms with Crippen LogP contribution in [0.5, 0.6) is 0 Å². The number of aromatic nitrogens is 3. The standard InChI is InChI=1S/C10H12N4O2S/c1-3-6-13-7(9(15)16-2)8(11)14(6)10-12-4-5-17-10/h4-5H,3,11H2,1-2H3. The first-order chi connectivity index (χ1) is 8.19. The van der Waals surface area contributed by atoms with Gasteiger partial charge in [0.25, 0.3) is 0 Å². The van der Waals surface area contributed by atoms with E-state index in [9.17, 15) is 4.79 Å². The van der Waals surface area contributed by atoms with Gasteiger partial charge in [-0.05, 0) is 0 Å². The molecule has 90 valence electrons. The van der Waals surface area contributed by atoms with Gasteiger partial charge in [0.15, 0.2) is 10.8 Å². The predicted octanol–water partition coefficient (Wildman–Crippen LogP) is 1.26. The molecule has 0 radical (unpaired) electrons. The van der Waals surface area contributed by atoms with Crippen molar-refractivity contribution in [2.24, 2.45) is 0 Å². The number of carbonyl (C=O) groups is 1. The fourth-order valence-corrected chi connectivity index (χ4v) is 2.18. The van der Waals surface area contributed by atoms with Crippen LogP contribution >= 0.6 is 11.3 Å². The largest absolute Gasteiger partial charge is 0.464 e. The van der Waals surface area contributed by atoms with Gasteiger partial charge in [-0.25, -0.2) is 14.8 Å². The Kier molecular flexibility index (Phi) is 3.10. The SMILES string of the molecule is CCc1nc(C(=O)OC)c(N)n1-c1nccs1. The van der Waals surface area contributed by atoms with Crippen molar-refractivity contribution in [1.82, 2.24) is 14.5 Å². The molecule has 2 aromatic rings. The van der Waals surface area contributed by atoms with Gasteiger partial charge in [0.1, 0.15) is 11.6 Å². The highest BCUT2D eigenvalue weighted by Crippen LogP contribution is 2.23. The molecule has 0 aromatic carbocycles. The smallest absolute Gasteiger partial charge is 0.360 e. The zero-order valence-corrected chi connectivity index (χ0v) is 10.3. The highest BCUT2D eigenvalue weighted by atomic mass is 32.1. The number of ether oxygens (including phenoxy) is 1. The van der Waals surface area contributed by atoms with Crippen molar-refractivity contribution in [3.63, 3.8) is 0 Å². The van der Waals surface area contributed by atoms with Crippen molar-refractivity contribution >= 4 is 23.1 Å². The molecule has 0 bridgehead atoms. The van der Waals surface area contributed by atoms with Gasteiger partial charge in [-0.15, -0.1) is 11.3 Å². The van der Waals surface area contributed by atoms with Crippen LogP contribution in [-0.2, 0) is 11.2 Å². The van der Waals surface area contributed by atoms with Gasteiger partial charge in [0, 0.05) is 18.0 Å². The molecule has 6 nitrogen and oxygen atoms in total. The van der Waals surface area contributed by atoms with Crippen molar-refractivity contribution < 1.29 is 9.53 Å². The van der Waals surface area contributed by atoms with E-state index in [0.717, 1.165) is 0 Å². The molecule has 2 heterocycles. The van der Waals surface area contributed by atoms with Gasteiger partial charge in [0.2, 0.25) is 0 Å². The van der Waals surface area contributed by atoms with Crippen molar-refractivity contribution in [3.05, 3.63) is 23.1 Å². The summed E-state index contributed by atoms with van der Waals surface area (Å²) >= 11 is 1.43. The molecule has 2 rings (SSSR count). The Morgan fingerprint density at radius 2 is 2.41 bits per heavy atom. The van der Waals surface area contributed by atoms with Gasteiger partial charge in [0.05, 0.1) is 7.11 Å². The quantitative estimate of drug-likeness (QED) is 0.831. The number of rotatable bonds is 3. The number of nitrogens with zero attached hydrogens (tertiary/aromatic N) is 3. The maximum atomic E-state index is 11.5. The number of esters is 1. The molecule has 0 spiro atoms. The van der Waals surface area contributed by atoms with Crippen LogP contribution in [0.4, 0.5) is 5.82 Å². The molecule has 17 heavy (non-hydrogen) atoms. The Hall–Kier alpha value is -1.89. The summed E-state index contributed by atoms with van der Waals surface area (Å²) in [5, 5.41) is 2.54. The number of nitrogens with two attached hydrogens (primary N) is 1. The summed E-state index contributed by atoms with van der Waals surface area (Å²) in [7, 11) is 1.30. The Balaban J connectivity index is 2.59. The van der Waals surface area contributed by atoms with E-state index in [0.29, 0.717) is 17.4 Å². The second kappa shape index (κ2) is 4.54. The van der Waals surface area contributed by atoms with Crippen molar-refractivity contribution in [2.45, 2.75) is 13.3 Å². The van der Waals surface area contributed by atoms with Gasteiger partial charge in [-0.1, -0.05) is 6.92 Å². The lowest BCUT2D eigenvalue weighted by Crippen LogP contribution is -2.07. The molecular formula is C10H12N4O2S. The minimum Gasteiger partial charge on any atom is -0.464 e. The minimum absolute atomic E-state index is 0.138. The molecule has 0 unspecified atom stereocenters. The topological polar surface area (TPSA) is 83.0 Å². The Morgan fingerprint density at radius 3 is 2.94 bits per heavy atom. The Labute approximate surface area is 102 Å². The normalized spacial score (nSPS) is 10.5. The number of imidazole rings is 1. The third-order valence-corrected chi connectivity index (χ3v) is 3.04. The molecule has 0 aliphatic heterocycles. The number of thiazole rings is 1. The third kappa shape index (κ3) is 1.89. The van der Waals surface area contributed by atoms with Crippen LogP contribution in [0.2, 0.25) is 0 Å². The van der Waals surface area contributed by atoms with Gasteiger partial charge >= 0.3 is 5.97 Å². The lowest BCUT2D eigenvalue weighted by molar-refractivity contribution is 0.0596. The number of hydrogen-bond donors (Lipinski definition) is 1. The summed E-state index contributed by atoms with van der Waals surface area (Å²) in [5.74, 6) is 0.425. The first-order valence-corrected chi connectivity index (χ1v) is 5.92. The maximum Gasteiger partial charge on any atom is 0.360 e. The molecule has 7 heteroatoms. The average molecular weight is 252 g/mol. The number of methoxy groups -OCH3 is 1. The fourth-order valence-electron chi connectivity index (χ4n) is 1.51. The number of aryl methyl sites for hydroxylation is 1. The number of hydrogen-bond acceptors (Lipinski definition) is 6. The highest BCUT2D eigenvalue weighted by molar-refractivity contribution is 7.12. The van der Waals surface area contributed by atoms with Crippen molar-refractivity contribution in [1.29, 1.82) is 0 Å². The van der Waals surface area contributed by atoms with Gasteiger partial charge < -0.3 is 10.5 Å². The fraction of sp³-hybridized carbons (Fsp3) is 0.300. The Morgan fingerprint density at radius 1 is 1.65 bits per heavy atom. The molecule has 0 aliphatic rings. The van der Waals surface area contributed by atoms with Crippen LogP contribution in [-0.4, -0.2) is 27.6 Å². The summed E-state index contributed by atoms with van der Waals surface area (Å²) in [5.41, 5.74) is 6.05. The summed E-state index contributed by atoms with van der Waals surface area (Å²) in [6, 6.07) is 0. The summed E-state index contributed by atoms with van der Waals surface area (Å²) in [6.07, 6.45) is 2.33. The van der Waals surface area contributed by atoms with Crippen molar-refractivity contribution in [2.75, 3.05) is 12.8 Å². The lowest BCUT2D eigenvalue weighted by atomic mass is 10.4. The summed E-state index contributed by atoms with van der Waals surface area (Å²) < 4.78 is 6.31. The second-order valence-corrected chi connectivity index (χ2v) is 4.13. The summed E-state index contributed by atoms with van der Waals surface area (Å²) in [6.45, 7) is 1.94. The van der Waals surface area contributed by atoms with Gasteiger partial charge in [-0.2, -0.15) is 0 Å². The van der Waals surface area contributed by atoms with E-state index in [1.165, 1.54) is 18.4 Å². The van der Waals surface area contributed by atoms with Crippen molar-refractivity contribution in [3.8, 4) is 5.13 Å². The van der Waals surface area contributed by atoms with Crippen LogP contribution < -0.4 is 5.73 Å². The van der Waals surface area contributed by atoms with Gasteiger partial charge in [-0.3, -0.25) is 4.57 Å². The van der Waals surface area contributed by atoms with E-state index in [1.807, 2.05) is 12.3 Å². The first-order valence-electron chi connectivity index (χ1n) is 5.04. The van der Waals surface area contributed by atoms with Crippen LogP contribution in [0.15, 0.2) is 11.6 Å². The Bertz CT molecular complexity index is 533. The van der Waals surface area contributed by atoms with Crippen LogP contribution in [0, 0.1) is 0 Å². The molecule has 0 amide bonds. The third-order valence-electron chi connectivity index (χ3n) is 2.29. The summed E-state index contributed by atoms with van der Waals surface area (Å²) in [4.78, 5) is 19.8. The van der Waals surface area contributed by atoms with E-state index in [1.54, 1.807) is 10.8 Å². The number of nitrogen functional groups attached to an aromatic ring is 1. The number of anilines is 1. The van der Waals surface area contributed by atoms with Crippen LogP contribution in [0.1, 0.15) is 23.2 Å². The minimum atomic E-state index is -0.535. The molecular weight excluding hydrogens is 240 g/mol. The molecule has 0 atom stereocenters. The molecule has 0 saturated carbocycles. The second-order valence-electron chi connectivity index (χ2n) is 3.26. The molecule has 0 aliphatic carbocycles. The zero-order chi connectivity index (χ0) is 12.4. The predicted molar refractivity (Wildman–Crippen MR) is 64.4 cm³/mol. The van der Waals surface area contributed by atoms with E-state index in [2.05, 4.69) is 14.7 Å². The maximum absolute atomic E-state index is 11.5. The van der Waals surface area contributed by atoms with E-state index in [-0.39, 0.29) is 11.5 Å². The molecule has 2 N–H and O–H groups in total. The highest BCUT2D eigenvalue weighted by Gasteiger charge is 2.21.